The molecule has 0 amide bonds. The SMILES string of the molecule is C[Si]1(C)Cc2ccc(cc2)[C@@H]2[C@@H](c3ccccc3)[C@H](c3ccccc3)[C@@H]2c2ccc(cc2)C[Si](C)(C)Cc2ccccc2C1. The Morgan fingerprint density at radius 1 is 0.341 bits per heavy atom. The molecule has 1 fully saturated rings. The van der Waals surface area contributed by atoms with E-state index in [1.54, 1.807) is 11.1 Å². The van der Waals surface area contributed by atoms with Gasteiger partial charge in [-0.25, -0.2) is 0 Å². The van der Waals surface area contributed by atoms with Crippen LogP contribution in [0.1, 0.15) is 68.2 Å². The summed E-state index contributed by atoms with van der Waals surface area (Å²) in [5, 5.41) is 0. The van der Waals surface area contributed by atoms with Crippen LogP contribution in [-0.4, -0.2) is 16.1 Å². The summed E-state index contributed by atoms with van der Waals surface area (Å²) in [6.07, 6.45) is 0. The Morgan fingerprint density at radius 2 is 0.636 bits per heavy atom. The van der Waals surface area contributed by atoms with E-state index < -0.39 is 16.1 Å². The standard InChI is InChI=1S/C42H46Si2/c1-43(2)27-31-19-23-35(24-20-31)41-39(33-13-7-5-8-14-33)40(34-15-9-6-10-16-34)42(41)36-25-21-32(22-26-36)28-44(3,4)30-38-18-12-11-17-37(38)29-43/h5-26,39-42H,27-30H2,1-4H3/t39-,40-,41-,42+/m0/s1. The summed E-state index contributed by atoms with van der Waals surface area (Å²) in [6, 6.07) is 56.8. The Kier molecular flexibility index (Phi) is 7.85. The summed E-state index contributed by atoms with van der Waals surface area (Å²) in [5.41, 5.74) is 12.1. The maximum absolute atomic E-state index is 2.59. The lowest BCUT2D eigenvalue weighted by Crippen LogP contribution is -2.40. The van der Waals surface area contributed by atoms with Gasteiger partial charge < -0.3 is 0 Å². The molecule has 5 aromatic carbocycles. The fourth-order valence-electron chi connectivity index (χ4n) is 8.64. The highest BCUT2D eigenvalue weighted by Gasteiger charge is 2.52. The van der Waals surface area contributed by atoms with Gasteiger partial charge in [-0.3, -0.25) is 0 Å². The Morgan fingerprint density at radius 3 is 0.977 bits per heavy atom. The third-order valence-electron chi connectivity index (χ3n) is 10.5. The van der Waals surface area contributed by atoms with Crippen molar-refractivity contribution in [1.82, 2.24) is 0 Å². The zero-order valence-electron chi connectivity index (χ0n) is 26.8. The van der Waals surface area contributed by atoms with Crippen molar-refractivity contribution in [1.29, 1.82) is 0 Å². The van der Waals surface area contributed by atoms with Crippen LogP contribution < -0.4 is 0 Å². The lowest BCUT2D eigenvalue weighted by molar-refractivity contribution is 0.229. The largest absolute Gasteiger partial charge is 0.0689 e. The summed E-state index contributed by atoms with van der Waals surface area (Å²) < 4.78 is 0. The third-order valence-corrected chi connectivity index (χ3v) is 15.9. The summed E-state index contributed by atoms with van der Waals surface area (Å²) in [7, 11) is -3.02. The average molecular weight is 607 g/mol. The molecule has 1 saturated carbocycles. The van der Waals surface area contributed by atoms with E-state index >= 15 is 0 Å². The monoisotopic (exact) mass is 606 g/mol. The minimum atomic E-state index is -1.51. The molecule has 44 heavy (non-hydrogen) atoms. The predicted octanol–water partition coefficient (Wildman–Crippen LogP) is 10.6. The van der Waals surface area contributed by atoms with Crippen molar-refractivity contribution in [3.63, 3.8) is 0 Å². The van der Waals surface area contributed by atoms with Crippen LogP contribution in [0.2, 0.25) is 26.2 Å². The maximum Gasteiger partial charge on any atom is 0.0561 e. The lowest BCUT2D eigenvalue weighted by atomic mass is 9.49. The molecule has 0 N–H and O–H groups in total. The van der Waals surface area contributed by atoms with Crippen LogP contribution in [0.15, 0.2) is 133 Å². The molecule has 3 heterocycles. The molecule has 5 aromatic rings. The summed E-state index contributed by atoms with van der Waals surface area (Å²) in [4.78, 5) is 0. The first-order valence-corrected chi connectivity index (χ1v) is 23.4. The van der Waals surface area contributed by atoms with E-state index in [0.717, 1.165) is 0 Å². The van der Waals surface area contributed by atoms with Crippen molar-refractivity contribution >= 4 is 16.1 Å². The van der Waals surface area contributed by atoms with Gasteiger partial charge >= 0.3 is 0 Å². The van der Waals surface area contributed by atoms with Crippen LogP contribution in [0.25, 0.3) is 0 Å². The molecule has 0 saturated heterocycles. The number of rotatable bonds is 2. The van der Waals surface area contributed by atoms with Gasteiger partial charge in [-0.2, -0.15) is 0 Å². The molecular formula is C42H46Si2. The fourth-order valence-corrected chi connectivity index (χ4v) is 14.3. The zero-order valence-corrected chi connectivity index (χ0v) is 28.8. The first-order chi connectivity index (χ1) is 21.3. The van der Waals surface area contributed by atoms with Crippen molar-refractivity contribution < 1.29 is 0 Å². The van der Waals surface area contributed by atoms with E-state index in [1.807, 2.05) is 0 Å². The van der Waals surface area contributed by atoms with Gasteiger partial charge in [-0.1, -0.05) is 171 Å². The molecule has 0 spiro atoms. The number of hydrogen-bond acceptors (Lipinski definition) is 0. The van der Waals surface area contributed by atoms with Crippen molar-refractivity contribution in [3.8, 4) is 0 Å². The minimum Gasteiger partial charge on any atom is -0.0689 e. The van der Waals surface area contributed by atoms with Gasteiger partial charge in [0.2, 0.25) is 0 Å². The molecule has 0 aromatic heterocycles. The molecular weight excluding hydrogens is 561 g/mol. The van der Waals surface area contributed by atoms with E-state index in [1.165, 1.54) is 57.6 Å². The van der Waals surface area contributed by atoms with E-state index in [4.69, 9.17) is 0 Å². The van der Waals surface area contributed by atoms with Crippen molar-refractivity contribution in [3.05, 3.63) is 178 Å². The summed E-state index contributed by atoms with van der Waals surface area (Å²) in [5.74, 6) is 1.80. The van der Waals surface area contributed by atoms with E-state index in [0.29, 0.717) is 23.7 Å². The second-order valence-corrected chi connectivity index (χ2v) is 25.3. The van der Waals surface area contributed by atoms with Crippen molar-refractivity contribution in [2.75, 3.05) is 0 Å². The Balaban J connectivity index is 1.35. The van der Waals surface area contributed by atoms with Gasteiger partial charge in [-0.05, 0) is 81.2 Å². The molecule has 4 aliphatic rings. The first-order valence-electron chi connectivity index (χ1n) is 16.6. The third kappa shape index (κ3) is 5.95. The quantitative estimate of drug-likeness (QED) is 0.175. The Bertz CT molecular complexity index is 1570. The Labute approximate surface area is 267 Å². The molecule has 0 unspecified atom stereocenters. The van der Waals surface area contributed by atoms with E-state index in [9.17, 15) is 0 Å². The molecule has 2 heteroatoms. The number of benzene rings is 5. The van der Waals surface area contributed by atoms with Crippen molar-refractivity contribution in [2.45, 2.75) is 74.0 Å². The lowest BCUT2D eigenvalue weighted by Gasteiger charge is -2.54. The second kappa shape index (κ2) is 11.8. The predicted molar refractivity (Wildman–Crippen MR) is 193 cm³/mol. The molecule has 4 bridgehead atoms. The zero-order chi connectivity index (χ0) is 30.3. The van der Waals surface area contributed by atoms with Crippen LogP contribution in [0.4, 0.5) is 0 Å². The summed E-state index contributed by atoms with van der Waals surface area (Å²) >= 11 is 0. The van der Waals surface area contributed by atoms with Gasteiger partial charge in [0, 0.05) is 0 Å². The highest BCUT2D eigenvalue weighted by molar-refractivity contribution is 6.77. The van der Waals surface area contributed by atoms with Crippen LogP contribution in [0.3, 0.4) is 0 Å². The number of hydrogen-bond donors (Lipinski definition) is 0. The van der Waals surface area contributed by atoms with Gasteiger partial charge in [0.1, 0.15) is 0 Å². The van der Waals surface area contributed by atoms with Gasteiger partial charge in [0.15, 0.2) is 0 Å². The normalized spacial score (nSPS) is 23.9. The van der Waals surface area contributed by atoms with Crippen LogP contribution >= 0.6 is 0 Å². The van der Waals surface area contributed by atoms with E-state index in [-0.39, 0.29) is 0 Å². The smallest absolute Gasteiger partial charge is 0.0561 e. The molecule has 222 valence electrons. The fraction of sp³-hybridized carbons (Fsp3) is 0.286. The molecule has 0 nitrogen and oxygen atoms in total. The van der Waals surface area contributed by atoms with Crippen LogP contribution in [0.5, 0.6) is 0 Å². The second-order valence-electron chi connectivity index (χ2n) is 15.2. The molecule has 9 rings (SSSR count). The molecule has 1 aliphatic carbocycles. The summed E-state index contributed by atoms with van der Waals surface area (Å²) in [6.45, 7) is 10.4. The first kappa shape index (κ1) is 29.3. The topological polar surface area (TPSA) is 0 Å². The number of fused-ring (bicyclic) bond motifs is 2. The molecule has 4 atom stereocenters. The Hall–Kier alpha value is -3.47. The van der Waals surface area contributed by atoms with Gasteiger partial charge in [0.05, 0.1) is 16.1 Å². The van der Waals surface area contributed by atoms with Crippen LogP contribution in [-0.2, 0) is 24.2 Å². The average Bonchev–Trinajstić information content (AvgIpc) is 3.00. The molecule has 0 radical (unpaired) electrons. The van der Waals surface area contributed by atoms with Gasteiger partial charge in [-0.15, -0.1) is 0 Å². The maximum atomic E-state index is 2.59. The van der Waals surface area contributed by atoms with E-state index in [2.05, 4.69) is 160 Å². The van der Waals surface area contributed by atoms with Crippen molar-refractivity contribution in [2.24, 2.45) is 0 Å². The highest BCUT2D eigenvalue weighted by Crippen LogP contribution is 2.66. The minimum absolute atomic E-state index is 0.448. The van der Waals surface area contributed by atoms with Crippen LogP contribution in [0, 0.1) is 0 Å². The molecule has 3 aliphatic heterocycles. The van der Waals surface area contributed by atoms with Gasteiger partial charge in [0.25, 0.3) is 0 Å². The highest BCUT2D eigenvalue weighted by atomic mass is 28.3.